The van der Waals surface area contributed by atoms with Crippen molar-refractivity contribution in [2.24, 2.45) is 0 Å². The van der Waals surface area contributed by atoms with Crippen LogP contribution in [-0.2, 0) is 11.2 Å². The van der Waals surface area contributed by atoms with Crippen LogP contribution in [0.2, 0.25) is 0 Å². The minimum absolute atomic E-state index is 0.0961. The Bertz CT molecular complexity index is 652. The molecule has 0 saturated heterocycles. The molecule has 0 aromatic heterocycles. The molecule has 1 amide bonds. The zero-order valence-corrected chi connectivity index (χ0v) is 12.7. The molecule has 0 fully saturated rings. The molecule has 4 heteroatoms. The van der Waals surface area contributed by atoms with E-state index in [9.17, 15) is 4.79 Å². The molecule has 0 spiro atoms. The zero-order chi connectivity index (χ0) is 15.4. The lowest BCUT2D eigenvalue weighted by molar-refractivity contribution is -0.116. The molecule has 3 rings (SSSR count). The summed E-state index contributed by atoms with van der Waals surface area (Å²) in [5.74, 6) is 0.937. The SMILES string of the molecule is CCOc1ccc(NCC(=O)N2CCc3ccccc32)cc1. The van der Waals surface area contributed by atoms with Crippen molar-refractivity contribution >= 4 is 17.3 Å². The minimum Gasteiger partial charge on any atom is -0.494 e. The maximum absolute atomic E-state index is 12.4. The minimum atomic E-state index is 0.0961. The largest absolute Gasteiger partial charge is 0.494 e. The Morgan fingerprint density at radius 2 is 1.95 bits per heavy atom. The molecule has 0 saturated carbocycles. The Hall–Kier alpha value is -2.49. The Morgan fingerprint density at radius 3 is 2.73 bits per heavy atom. The standard InChI is InChI=1S/C18H20N2O2/c1-2-22-16-9-7-15(8-10-16)19-13-18(21)20-12-11-14-5-3-4-6-17(14)20/h3-10,19H,2,11-13H2,1H3. The van der Waals surface area contributed by atoms with Gasteiger partial charge in [-0.3, -0.25) is 4.79 Å². The van der Waals surface area contributed by atoms with Crippen molar-refractivity contribution in [3.8, 4) is 5.75 Å². The first kappa shape index (κ1) is 14.4. The molecule has 1 aliphatic rings. The molecule has 0 atom stereocenters. The van der Waals surface area contributed by atoms with Crippen LogP contribution in [-0.4, -0.2) is 25.6 Å². The second-order valence-corrected chi connectivity index (χ2v) is 5.24. The number of fused-ring (bicyclic) bond motifs is 1. The van der Waals surface area contributed by atoms with Gasteiger partial charge in [0, 0.05) is 17.9 Å². The van der Waals surface area contributed by atoms with Crippen molar-refractivity contribution in [2.45, 2.75) is 13.3 Å². The highest BCUT2D eigenvalue weighted by Crippen LogP contribution is 2.27. The number of rotatable bonds is 5. The van der Waals surface area contributed by atoms with Gasteiger partial charge < -0.3 is 15.0 Å². The monoisotopic (exact) mass is 296 g/mol. The molecule has 2 aromatic rings. The molecule has 4 nitrogen and oxygen atoms in total. The number of benzene rings is 2. The van der Waals surface area contributed by atoms with Gasteiger partial charge in [-0.1, -0.05) is 18.2 Å². The Labute approximate surface area is 130 Å². The third kappa shape index (κ3) is 3.06. The second-order valence-electron chi connectivity index (χ2n) is 5.24. The normalized spacial score (nSPS) is 12.9. The smallest absolute Gasteiger partial charge is 0.246 e. The highest BCUT2D eigenvalue weighted by molar-refractivity contribution is 5.98. The third-order valence-corrected chi connectivity index (χ3v) is 3.80. The average molecular weight is 296 g/mol. The lowest BCUT2D eigenvalue weighted by Gasteiger charge is -2.18. The van der Waals surface area contributed by atoms with E-state index >= 15 is 0 Å². The van der Waals surface area contributed by atoms with Crippen molar-refractivity contribution in [2.75, 3.05) is 29.9 Å². The molecule has 1 heterocycles. The maximum Gasteiger partial charge on any atom is 0.246 e. The van der Waals surface area contributed by atoms with E-state index in [4.69, 9.17) is 4.74 Å². The third-order valence-electron chi connectivity index (χ3n) is 3.80. The number of hydrogen-bond acceptors (Lipinski definition) is 3. The van der Waals surface area contributed by atoms with E-state index in [1.54, 1.807) is 0 Å². The fraction of sp³-hybridized carbons (Fsp3) is 0.278. The van der Waals surface area contributed by atoms with Gasteiger partial charge in [0.15, 0.2) is 0 Å². The van der Waals surface area contributed by atoms with E-state index in [0.29, 0.717) is 13.2 Å². The topological polar surface area (TPSA) is 41.6 Å². The molecule has 0 bridgehead atoms. The molecule has 0 radical (unpaired) electrons. The summed E-state index contributed by atoms with van der Waals surface area (Å²) >= 11 is 0. The molecule has 114 valence electrons. The lowest BCUT2D eigenvalue weighted by Crippen LogP contribution is -2.34. The van der Waals surface area contributed by atoms with E-state index in [2.05, 4.69) is 11.4 Å². The Balaban J connectivity index is 1.59. The van der Waals surface area contributed by atoms with Crippen LogP contribution in [0.25, 0.3) is 0 Å². The molecular formula is C18H20N2O2. The lowest BCUT2D eigenvalue weighted by atomic mass is 10.2. The number of nitrogens with one attached hydrogen (secondary N) is 1. The molecule has 0 aliphatic carbocycles. The van der Waals surface area contributed by atoms with Gasteiger partial charge in [0.05, 0.1) is 13.2 Å². The van der Waals surface area contributed by atoms with Crippen LogP contribution in [0.3, 0.4) is 0 Å². The first-order chi connectivity index (χ1) is 10.8. The van der Waals surface area contributed by atoms with E-state index in [0.717, 1.165) is 30.1 Å². The van der Waals surface area contributed by atoms with Crippen LogP contribution in [0.4, 0.5) is 11.4 Å². The van der Waals surface area contributed by atoms with E-state index in [1.165, 1.54) is 5.56 Å². The van der Waals surface area contributed by atoms with Gasteiger partial charge in [0.2, 0.25) is 5.91 Å². The van der Waals surface area contributed by atoms with Gasteiger partial charge in [-0.2, -0.15) is 0 Å². The molecule has 0 unspecified atom stereocenters. The summed E-state index contributed by atoms with van der Waals surface area (Å²) in [6, 6.07) is 15.8. The Morgan fingerprint density at radius 1 is 1.18 bits per heavy atom. The van der Waals surface area contributed by atoms with Crippen LogP contribution in [0.5, 0.6) is 5.75 Å². The van der Waals surface area contributed by atoms with Gasteiger partial charge in [0.1, 0.15) is 5.75 Å². The summed E-state index contributed by atoms with van der Waals surface area (Å²) < 4.78 is 5.40. The van der Waals surface area contributed by atoms with Crippen molar-refractivity contribution in [1.82, 2.24) is 0 Å². The fourth-order valence-electron chi connectivity index (χ4n) is 2.71. The van der Waals surface area contributed by atoms with Crippen LogP contribution in [0.15, 0.2) is 48.5 Å². The number of carbonyl (C=O) groups excluding carboxylic acids is 1. The molecule has 22 heavy (non-hydrogen) atoms. The zero-order valence-electron chi connectivity index (χ0n) is 12.7. The average Bonchev–Trinajstić information content (AvgIpc) is 2.98. The summed E-state index contributed by atoms with van der Waals surface area (Å²) in [5, 5.41) is 3.17. The van der Waals surface area contributed by atoms with Crippen molar-refractivity contribution in [1.29, 1.82) is 0 Å². The van der Waals surface area contributed by atoms with E-state index in [-0.39, 0.29) is 5.91 Å². The summed E-state index contributed by atoms with van der Waals surface area (Å²) in [7, 11) is 0. The summed E-state index contributed by atoms with van der Waals surface area (Å²) in [4.78, 5) is 14.2. The summed E-state index contributed by atoms with van der Waals surface area (Å²) in [5.41, 5.74) is 3.21. The van der Waals surface area contributed by atoms with E-state index in [1.807, 2.05) is 54.3 Å². The summed E-state index contributed by atoms with van der Waals surface area (Å²) in [6.45, 7) is 3.67. The van der Waals surface area contributed by atoms with Crippen LogP contribution in [0.1, 0.15) is 12.5 Å². The number of carbonyl (C=O) groups is 1. The number of ether oxygens (including phenoxy) is 1. The Kier molecular flexibility index (Phi) is 4.28. The van der Waals surface area contributed by atoms with Crippen LogP contribution in [0, 0.1) is 0 Å². The quantitative estimate of drug-likeness (QED) is 0.922. The predicted octanol–water partition coefficient (Wildman–Crippen LogP) is 3.09. The first-order valence-electron chi connectivity index (χ1n) is 7.63. The number of para-hydroxylation sites is 1. The van der Waals surface area contributed by atoms with Gasteiger partial charge in [-0.25, -0.2) is 0 Å². The van der Waals surface area contributed by atoms with Crippen LogP contribution < -0.4 is 15.0 Å². The van der Waals surface area contributed by atoms with Gasteiger partial charge in [-0.15, -0.1) is 0 Å². The van der Waals surface area contributed by atoms with Gasteiger partial charge in [0.25, 0.3) is 0 Å². The highest BCUT2D eigenvalue weighted by Gasteiger charge is 2.23. The number of hydrogen-bond donors (Lipinski definition) is 1. The number of nitrogens with zero attached hydrogens (tertiary/aromatic N) is 1. The highest BCUT2D eigenvalue weighted by atomic mass is 16.5. The fourth-order valence-corrected chi connectivity index (χ4v) is 2.71. The van der Waals surface area contributed by atoms with Crippen molar-refractivity contribution in [3.63, 3.8) is 0 Å². The number of amides is 1. The molecule has 2 aromatic carbocycles. The van der Waals surface area contributed by atoms with Crippen molar-refractivity contribution in [3.05, 3.63) is 54.1 Å². The van der Waals surface area contributed by atoms with Crippen LogP contribution >= 0.6 is 0 Å². The molecule has 1 aliphatic heterocycles. The van der Waals surface area contributed by atoms with Crippen molar-refractivity contribution < 1.29 is 9.53 Å². The predicted molar refractivity (Wildman–Crippen MR) is 88.6 cm³/mol. The second kappa shape index (κ2) is 6.52. The maximum atomic E-state index is 12.4. The molecular weight excluding hydrogens is 276 g/mol. The summed E-state index contributed by atoms with van der Waals surface area (Å²) in [6.07, 6.45) is 0.935. The number of anilines is 2. The van der Waals surface area contributed by atoms with Gasteiger partial charge >= 0.3 is 0 Å². The molecule has 1 N–H and O–H groups in total. The first-order valence-corrected chi connectivity index (χ1v) is 7.63. The van der Waals surface area contributed by atoms with Gasteiger partial charge in [-0.05, 0) is 49.2 Å². The van der Waals surface area contributed by atoms with E-state index < -0.39 is 0 Å².